The largest absolute Gasteiger partial charge is 0.481 e. The third-order valence-corrected chi connectivity index (χ3v) is 2.15. The fourth-order valence-corrected chi connectivity index (χ4v) is 1.03. The minimum Gasteiger partial charge on any atom is -0.481 e. The third-order valence-electron chi connectivity index (χ3n) is 2.15. The van der Waals surface area contributed by atoms with Gasteiger partial charge in [0.1, 0.15) is 19.0 Å². The van der Waals surface area contributed by atoms with Gasteiger partial charge in [0.25, 0.3) is 0 Å². The summed E-state index contributed by atoms with van der Waals surface area (Å²) >= 11 is 0. The van der Waals surface area contributed by atoms with E-state index in [0.29, 0.717) is 0 Å². The Balaban J connectivity index is 4.84. The Hall–Kier alpha value is -2.12. The second-order valence-corrected chi connectivity index (χ2v) is 3.41. The maximum absolute atomic E-state index is 11.7. The Kier molecular flexibility index (Phi) is 6.40. The number of nitrogens with zero attached hydrogens (tertiary/aromatic N) is 1. The molecule has 1 amide bonds. The Morgan fingerprint density at radius 2 is 1.44 bits per heavy atom. The van der Waals surface area contributed by atoms with Gasteiger partial charge in [-0.2, -0.15) is 0 Å². The number of carboxylic acid groups (broad SMARTS) is 1. The van der Waals surface area contributed by atoms with Crippen LogP contribution >= 0.6 is 0 Å². The number of methoxy groups -OCH3 is 2. The van der Waals surface area contributed by atoms with Gasteiger partial charge >= 0.3 is 17.9 Å². The zero-order chi connectivity index (χ0) is 14.3. The molecule has 8 heteroatoms. The van der Waals surface area contributed by atoms with Gasteiger partial charge in [-0.1, -0.05) is 0 Å². The summed E-state index contributed by atoms with van der Waals surface area (Å²) in [6.45, 7) is 0.135. The highest BCUT2D eigenvalue weighted by Gasteiger charge is 2.29. The summed E-state index contributed by atoms with van der Waals surface area (Å²) in [6, 6.07) is 0. The predicted octanol–water partition coefficient (Wildman–Crippen LogP) is -1.12. The van der Waals surface area contributed by atoms with E-state index in [1.54, 1.807) is 0 Å². The second kappa shape index (κ2) is 7.25. The molecule has 0 saturated heterocycles. The number of carboxylic acids is 1. The van der Waals surface area contributed by atoms with E-state index in [4.69, 9.17) is 5.11 Å². The number of carbonyl (C=O) groups excluding carboxylic acids is 3. The van der Waals surface area contributed by atoms with Crippen LogP contribution in [0.3, 0.4) is 0 Å². The van der Waals surface area contributed by atoms with Crippen LogP contribution in [0.4, 0.5) is 0 Å². The topological polar surface area (TPSA) is 110 Å². The fourth-order valence-electron chi connectivity index (χ4n) is 1.03. The van der Waals surface area contributed by atoms with Crippen molar-refractivity contribution < 1.29 is 33.8 Å². The van der Waals surface area contributed by atoms with Crippen molar-refractivity contribution in [3.8, 4) is 0 Å². The van der Waals surface area contributed by atoms with Crippen LogP contribution in [0, 0.1) is 5.92 Å². The Morgan fingerprint density at radius 3 is 1.72 bits per heavy atom. The average molecular weight is 261 g/mol. The van der Waals surface area contributed by atoms with Crippen LogP contribution in [0.15, 0.2) is 0 Å². The van der Waals surface area contributed by atoms with E-state index < -0.39 is 42.8 Å². The van der Waals surface area contributed by atoms with Crippen molar-refractivity contribution in [1.82, 2.24) is 4.90 Å². The predicted molar refractivity (Wildman–Crippen MR) is 57.4 cm³/mol. The van der Waals surface area contributed by atoms with E-state index in [0.717, 1.165) is 26.0 Å². The molecule has 0 saturated carbocycles. The Labute approximate surface area is 103 Å². The molecule has 1 unspecified atom stereocenters. The molecule has 0 spiro atoms. The quantitative estimate of drug-likeness (QED) is 0.476. The smallest absolute Gasteiger partial charge is 0.325 e. The highest BCUT2D eigenvalue weighted by Crippen LogP contribution is 2.04. The molecule has 0 aromatic carbocycles. The molecule has 18 heavy (non-hydrogen) atoms. The summed E-state index contributed by atoms with van der Waals surface area (Å²) in [5.74, 6) is -5.09. The summed E-state index contributed by atoms with van der Waals surface area (Å²) < 4.78 is 8.71. The molecule has 1 N–H and O–H groups in total. The molecule has 0 radical (unpaired) electrons. The highest BCUT2D eigenvalue weighted by molar-refractivity contribution is 5.98. The number of esters is 2. The van der Waals surface area contributed by atoms with E-state index in [1.165, 1.54) is 0 Å². The number of amides is 1. The lowest BCUT2D eigenvalue weighted by atomic mass is 10.1. The number of aliphatic carboxylic acids is 1. The summed E-state index contributed by atoms with van der Waals surface area (Å²) in [6.07, 6.45) is 0. The first-order valence-electron chi connectivity index (χ1n) is 4.98. The summed E-state index contributed by atoms with van der Waals surface area (Å²) in [5.41, 5.74) is 0. The minimum absolute atomic E-state index is 0.512. The molecule has 0 fully saturated rings. The van der Waals surface area contributed by atoms with Crippen LogP contribution in [0.2, 0.25) is 0 Å². The molecule has 0 rings (SSSR count). The molecule has 1 atom stereocenters. The van der Waals surface area contributed by atoms with Gasteiger partial charge < -0.3 is 19.5 Å². The fraction of sp³-hybridized carbons (Fsp3) is 0.600. The molecular weight excluding hydrogens is 246 g/mol. The van der Waals surface area contributed by atoms with Gasteiger partial charge in [-0.3, -0.25) is 19.2 Å². The van der Waals surface area contributed by atoms with Crippen LogP contribution in [0.25, 0.3) is 0 Å². The lowest BCUT2D eigenvalue weighted by Crippen LogP contribution is -2.44. The van der Waals surface area contributed by atoms with Crippen LogP contribution in [-0.4, -0.2) is 61.1 Å². The van der Waals surface area contributed by atoms with Crippen LogP contribution < -0.4 is 0 Å². The van der Waals surface area contributed by atoms with Gasteiger partial charge in [-0.25, -0.2) is 0 Å². The van der Waals surface area contributed by atoms with Crippen molar-refractivity contribution in [1.29, 1.82) is 0 Å². The van der Waals surface area contributed by atoms with Gasteiger partial charge in [-0.15, -0.1) is 0 Å². The average Bonchev–Trinajstić information content (AvgIpc) is 2.35. The monoisotopic (exact) mass is 261 g/mol. The molecule has 0 bridgehead atoms. The molecular formula is C10H15NO7. The van der Waals surface area contributed by atoms with Crippen LogP contribution in [0.1, 0.15) is 6.92 Å². The van der Waals surface area contributed by atoms with E-state index >= 15 is 0 Å². The molecule has 0 aromatic heterocycles. The number of ether oxygens (including phenoxy) is 2. The van der Waals surface area contributed by atoms with Gasteiger partial charge in [0.05, 0.1) is 14.2 Å². The Morgan fingerprint density at radius 1 is 1.06 bits per heavy atom. The van der Waals surface area contributed by atoms with E-state index in [1.807, 2.05) is 0 Å². The number of carbonyl (C=O) groups is 4. The van der Waals surface area contributed by atoms with E-state index in [9.17, 15) is 19.2 Å². The minimum atomic E-state index is -1.36. The summed E-state index contributed by atoms with van der Waals surface area (Å²) in [4.78, 5) is 45.3. The maximum atomic E-state index is 11.7. The number of hydrogen-bond donors (Lipinski definition) is 1. The molecule has 0 aliphatic carbocycles. The van der Waals surface area contributed by atoms with Crippen molar-refractivity contribution in [3.63, 3.8) is 0 Å². The highest BCUT2D eigenvalue weighted by atomic mass is 16.5. The van der Waals surface area contributed by atoms with Gasteiger partial charge in [0.2, 0.25) is 5.91 Å². The van der Waals surface area contributed by atoms with Crippen LogP contribution in [-0.2, 0) is 28.7 Å². The van der Waals surface area contributed by atoms with Gasteiger partial charge in [0.15, 0.2) is 0 Å². The van der Waals surface area contributed by atoms with Gasteiger partial charge in [0, 0.05) is 0 Å². The normalized spacial score (nSPS) is 11.3. The van der Waals surface area contributed by atoms with Gasteiger partial charge in [-0.05, 0) is 6.92 Å². The maximum Gasteiger partial charge on any atom is 0.325 e. The van der Waals surface area contributed by atoms with E-state index in [2.05, 4.69) is 9.47 Å². The van der Waals surface area contributed by atoms with Crippen molar-refractivity contribution in [2.45, 2.75) is 6.92 Å². The summed E-state index contributed by atoms with van der Waals surface area (Å²) in [5, 5.41) is 8.70. The molecule has 0 aliphatic rings. The van der Waals surface area contributed by atoms with Crippen molar-refractivity contribution in [2.24, 2.45) is 5.92 Å². The molecule has 102 valence electrons. The zero-order valence-electron chi connectivity index (χ0n) is 10.3. The molecule has 0 aromatic rings. The third kappa shape index (κ3) is 4.81. The standard InChI is InChI=1S/C10H15NO7/c1-6(10(15)16)9(14)11(4-7(12)17-2)5-8(13)18-3/h6H,4-5H2,1-3H3,(H,15,16). The van der Waals surface area contributed by atoms with Crippen molar-refractivity contribution >= 4 is 23.8 Å². The molecule has 0 aliphatic heterocycles. The SMILES string of the molecule is COC(=O)CN(CC(=O)OC)C(=O)C(C)C(=O)O. The molecule has 0 heterocycles. The van der Waals surface area contributed by atoms with Crippen molar-refractivity contribution in [2.75, 3.05) is 27.3 Å². The lowest BCUT2D eigenvalue weighted by Gasteiger charge is -2.21. The van der Waals surface area contributed by atoms with Crippen molar-refractivity contribution in [3.05, 3.63) is 0 Å². The van der Waals surface area contributed by atoms with E-state index in [-0.39, 0.29) is 0 Å². The number of rotatable bonds is 6. The first-order chi connectivity index (χ1) is 8.33. The zero-order valence-corrected chi connectivity index (χ0v) is 10.3. The van der Waals surface area contributed by atoms with Crippen LogP contribution in [0.5, 0.6) is 0 Å². The molecule has 8 nitrogen and oxygen atoms in total. The number of hydrogen-bond acceptors (Lipinski definition) is 6. The first-order valence-corrected chi connectivity index (χ1v) is 4.98. The Bertz CT molecular complexity index is 334. The lowest BCUT2D eigenvalue weighted by molar-refractivity contribution is -0.158. The first kappa shape index (κ1) is 15.9. The second-order valence-electron chi connectivity index (χ2n) is 3.41. The summed E-state index contributed by atoms with van der Waals surface area (Å²) in [7, 11) is 2.23.